The summed E-state index contributed by atoms with van der Waals surface area (Å²) in [4.78, 5) is 68.3. The number of nitrogens with one attached hydrogen (secondary N) is 4. The molecule has 8 rings (SSSR count). The second-order valence-corrected chi connectivity index (χ2v) is 17.3. The molecule has 4 aromatic carbocycles. The van der Waals surface area contributed by atoms with Gasteiger partial charge in [-0.05, 0) is 131 Å². The third kappa shape index (κ3) is 11.3. The van der Waals surface area contributed by atoms with Gasteiger partial charge in [0.25, 0.3) is 23.6 Å². The fourth-order valence-corrected chi connectivity index (χ4v) is 9.19. The van der Waals surface area contributed by atoms with Gasteiger partial charge in [0.1, 0.15) is 0 Å². The minimum Gasteiger partial charge on any atom is -0.352 e. The lowest BCUT2D eigenvalue weighted by Gasteiger charge is -2.11. The summed E-state index contributed by atoms with van der Waals surface area (Å²) in [7, 11) is 2.88. The lowest BCUT2D eigenvalue weighted by molar-refractivity contribution is 0.0935. The molecule has 4 amide bonds. The van der Waals surface area contributed by atoms with Crippen LogP contribution in [0, 0.1) is 0 Å². The number of hydrogen-bond donors (Lipinski definition) is 6. The van der Waals surface area contributed by atoms with Gasteiger partial charge in [-0.25, -0.2) is 19.9 Å². The van der Waals surface area contributed by atoms with Gasteiger partial charge >= 0.3 is 0 Å². The van der Waals surface area contributed by atoms with Gasteiger partial charge in [-0.2, -0.15) is 0 Å². The number of amides is 4. The van der Waals surface area contributed by atoms with E-state index in [0.29, 0.717) is 81.9 Å². The highest BCUT2D eigenvalue weighted by atomic mass is 33.1. The molecule has 334 valence electrons. The van der Waals surface area contributed by atoms with E-state index in [1.165, 1.54) is 21.6 Å². The van der Waals surface area contributed by atoms with Gasteiger partial charge in [-0.15, -0.1) is 25.3 Å². The molecule has 20 heteroatoms. The first-order valence-electron chi connectivity index (χ1n) is 20.6. The Hall–Kier alpha value is -7.00. The van der Waals surface area contributed by atoms with Crippen LogP contribution in [0.25, 0.3) is 22.7 Å². The predicted molar refractivity (Wildman–Crippen MR) is 259 cm³/mol. The van der Waals surface area contributed by atoms with E-state index in [2.05, 4.69) is 66.5 Å². The Morgan fingerprint density at radius 1 is 0.394 bits per heavy atom. The highest BCUT2D eigenvalue weighted by Gasteiger charge is 2.15. The fraction of sp³-hybridized carbons (Fsp3) is 0.130. The summed E-state index contributed by atoms with van der Waals surface area (Å²) >= 11 is 8.65. The molecule has 4 aromatic heterocycles. The maximum absolute atomic E-state index is 12.9. The number of thiol groups is 2. The molecule has 0 saturated heterocycles. The first kappa shape index (κ1) is 45.6. The minimum absolute atomic E-state index is 0.192. The number of carbonyl (C=O) groups excluding carboxylic acids is 4. The maximum Gasteiger partial charge on any atom is 0.251 e. The molecule has 0 aliphatic carbocycles. The number of imidazole rings is 4. The van der Waals surface area contributed by atoms with E-state index < -0.39 is 0 Å². The highest BCUT2D eigenvalue weighted by molar-refractivity contribution is 8.76. The van der Waals surface area contributed by atoms with Crippen molar-refractivity contribution in [3.05, 3.63) is 169 Å². The molecular weight excluding hydrogens is 913 g/mol. The summed E-state index contributed by atoms with van der Waals surface area (Å²) in [6.45, 7) is 1.61. The van der Waals surface area contributed by atoms with Crippen molar-refractivity contribution in [2.24, 2.45) is 0 Å². The molecule has 8 aromatic rings. The van der Waals surface area contributed by atoms with Crippen molar-refractivity contribution in [3.8, 4) is 22.7 Å². The van der Waals surface area contributed by atoms with Crippen LogP contribution in [0.3, 0.4) is 0 Å². The van der Waals surface area contributed by atoms with Gasteiger partial charge in [0.05, 0.1) is 0 Å². The SMILES string of the molecule is O=C(NCCCNC(=O)c1ccc(-n2ccnc2SSc2nccn2-c2ccc(C(=O)NCCCNC(=O)c3ccc(-n4ccnc4S)cc3)cc2)cc1)c1ccc(-n2ccnc2S)cc1. The quantitative estimate of drug-likeness (QED) is 0.0283. The van der Waals surface area contributed by atoms with E-state index in [-0.39, 0.29) is 23.6 Å². The number of rotatable bonds is 19. The van der Waals surface area contributed by atoms with Crippen LogP contribution in [0.1, 0.15) is 54.3 Å². The van der Waals surface area contributed by atoms with Crippen LogP contribution in [0.15, 0.2) is 167 Å². The average Bonchev–Trinajstić information content (AvgIpc) is 4.19. The summed E-state index contributed by atoms with van der Waals surface area (Å²) in [5.41, 5.74) is 5.48. The van der Waals surface area contributed by atoms with Crippen molar-refractivity contribution in [3.63, 3.8) is 0 Å². The van der Waals surface area contributed by atoms with Gasteiger partial charge < -0.3 is 21.3 Å². The van der Waals surface area contributed by atoms with E-state index in [1.54, 1.807) is 85.7 Å². The number of aromatic nitrogens is 8. The summed E-state index contributed by atoms with van der Waals surface area (Å²) in [6, 6.07) is 28.8. The topological polar surface area (TPSA) is 188 Å². The van der Waals surface area contributed by atoms with Crippen molar-refractivity contribution in [1.29, 1.82) is 0 Å². The second kappa shape index (κ2) is 21.8. The number of benzene rings is 4. The number of carbonyl (C=O) groups is 4. The Balaban J connectivity index is 0.746. The van der Waals surface area contributed by atoms with Crippen molar-refractivity contribution in [2.45, 2.75) is 33.5 Å². The van der Waals surface area contributed by atoms with E-state index in [9.17, 15) is 19.2 Å². The molecule has 0 fully saturated rings. The van der Waals surface area contributed by atoms with Gasteiger partial charge in [0.2, 0.25) is 0 Å². The summed E-state index contributed by atoms with van der Waals surface area (Å²) in [6.07, 6.45) is 15.2. The van der Waals surface area contributed by atoms with Gasteiger partial charge in [-0.1, -0.05) is 0 Å². The van der Waals surface area contributed by atoms with E-state index >= 15 is 0 Å². The fourth-order valence-electron chi connectivity index (χ4n) is 6.65. The zero-order valence-electron chi connectivity index (χ0n) is 35.0. The smallest absolute Gasteiger partial charge is 0.251 e. The molecule has 0 aliphatic heterocycles. The first-order chi connectivity index (χ1) is 32.2. The third-order valence-corrected chi connectivity index (χ3v) is 12.9. The normalized spacial score (nSPS) is 11.0. The van der Waals surface area contributed by atoms with Crippen molar-refractivity contribution in [1.82, 2.24) is 59.5 Å². The van der Waals surface area contributed by atoms with Crippen LogP contribution in [0.4, 0.5) is 0 Å². The predicted octanol–water partition coefficient (Wildman–Crippen LogP) is 6.91. The lowest BCUT2D eigenvalue weighted by Crippen LogP contribution is -2.29. The van der Waals surface area contributed by atoms with E-state index in [1.807, 2.05) is 79.2 Å². The lowest BCUT2D eigenvalue weighted by atomic mass is 10.2. The van der Waals surface area contributed by atoms with Crippen molar-refractivity contribution >= 4 is 70.5 Å². The standard InChI is InChI=1S/C46H42N12O4S4/c59-39(31-3-11-35(12-4-31)55-27-23-51-43(55)63)47-19-1-21-49-41(61)33-7-15-37(16-8-33)57-29-25-53-45(57)65-66-46-54-26-30-58(46)38-17-9-34(10-18-38)42(62)50-22-2-20-48-40(60)32-5-13-36(14-6-32)56-28-24-52-44(56)64/h3-18,23-30H,1-2,19-22H2,(H,47,59)(H,48,60)(H,49,61)(H,50,62)(H,51,63)(H,52,64). The third-order valence-electron chi connectivity index (χ3n) is 10.1. The largest absolute Gasteiger partial charge is 0.352 e. The molecule has 4 heterocycles. The minimum atomic E-state index is -0.209. The Labute approximate surface area is 398 Å². The van der Waals surface area contributed by atoms with Crippen molar-refractivity contribution in [2.75, 3.05) is 26.2 Å². The number of nitrogens with zero attached hydrogens (tertiary/aromatic N) is 8. The van der Waals surface area contributed by atoms with E-state index in [0.717, 1.165) is 22.7 Å². The zero-order chi connectivity index (χ0) is 45.8. The molecule has 0 saturated carbocycles. The first-order valence-corrected chi connectivity index (χ1v) is 23.7. The summed E-state index contributed by atoms with van der Waals surface area (Å²) < 4.78 is 7.48. The van der Waals surface area contributed by atoms with Crippen molar-refractivity contribution < 1.29 is 19.2 Å². The van der Waals surface area contributed by atoms with Crippen LogP contribution in [-0.4, -0.2) is 88.0 Å². The Morgan fingerprint density at radius 2 is 0.652 bits per heavy atom. The molecule has 0 bridgehead atoms. The molecule has 66 heavy (non-hydrogen) atoms. The summed E-state index contributed by atoms with van der Waals surface area (Å²) in [5.74, 6) is -0.801. The molecular formula is C46H42N12O4S4. The Bertz CT molecular complexity index is 2730. The number of hydrogen-bond acceptors (Lipinski definition) is 12. The van der Waals surface area contributed by atoms with Gasteiger partial charge in [-0.3, -0.25) is 37.4 Å². The molecule has 4 N–H and O–H groups in total. The maximum atomic E-state index is 12.9. The summed E-state index contributed by atoms with van der Waals surface area (Å²) in [5, 5.41) is 14.2. The molecule has 0 unspecified atom stereocenters. The Morgan fingerprint density at radius 3 is 0.924 bits per heavy atom. The monoisotopic (exact) mass is 954 g/mol. The van der Waals surface area contributed by atoms with Crippen LogP contribution in [0.2, 0.25) is 0 Å². The van der Waals surface area contributed by atoms with Crippen LogP contribution >= 0.6 is 46.8 Å². The molecule has 0 radical (unpaired) electrons. The van der Waals surface area contributed by atoms with Crippen LogP contribution < -0.4 is 21.3 Å². The molecule has 0 spiro atoms. The second-order valence-electron chi connectivity index (χ2n) is 14.4. The highest BCUT2D eigenvalue weighted by Crippen LogP contribution is 2.37. The average molecular weight is 955 g/mol. The van der Waals surface area contributed by atoms with Crippen LogP contribution in [0.5, 0.6) is 0 Å². The molecule has 0 atom stereocenters. The Kier molecular flexibility index (Phi) is 15.0. The van der Waals surface area contributed by atoms with Crippen LogP contribution in [-0.2, 0) is 0 Å². The molecule has 16 nitrogen and oxygen atoms in total. The van der Waals surface area contributed by atoms with Gasteiger partial charge in [0, 0.05) is 121 Å². The zero-order valence-corrected chi connectivity index (χ0v) is 38.4. The van der Waals surface area contributed by atoms with Gasteiger partial charge in [0.15, 0.2) is 20.6 Å². The van der Waals surface area contributed by atoms with E-state index in [4.69, 9.17) is 0 Å². The molecule has 0 aliphatic rings.